The highest BCUT2D eigenvalue weighted by molar-refractivity contribution is 7.99. The highest BCUT2D eigenvalue weighted by Gasteiger charge is 2.31. The Bertz CT molecular complexity index is 1230. The second kappa shape index (κ2) is 7.07. The van der Waals surface area contributed by atoms with E-state index < -0.39 is 11.7 Å². The molecule has 11 heteroatoms. The van der Waals surface area contributed by atoms with Crippen molar-refractivity contribution in [2.75, 3.05) is 12.8 Å². The minimum absolute atomic E-state index is 0.296. The van der Waals surface area contributed by atoms with Crippen LogP contribution in [0.3, 0.4) is 0 Å². The van der Waals surface area contributed by atoms with Crippen LogP contribution in [0, 0.1) is 0 Å². The number of rotatable bonds is 4. The first-order chi connectivity index (χ1) is 13.8. The van der Waals surface area contributed by atoms with Gasteiger partial charge in [-0.25, -0.2) is 14.5 Å². The summed E-state index contributed by atoms with van der Waals surface area (Å²) in [6, 6.07) is 3.85. The van der Waals surface area contributed by atoms with Gasteiger partial charge in [-0.1, -0.05) is 6.92 Å². The van der Waals surface area contributed by atoms with E-state index >= 15 is 0 Å². The molecule has 4 heterocycles. The number of nitrogens with one attached hydrogen (secondary N) is 1. The van der Waals surface area contributed by atoms with Crippen LogP contribution in [-0.2, 0) is 6.18 Å². The molecule has 7 nitrogen and oxygen atoms in total. The number of aromatic nitrogens is 5. The van der Waals surface area contributed by atoms with E-state index in [0.29, 0.717) is 39.0 Å². The summed E-state index contributed by atoms with van der Waals surface area (Å²) in [6.45, 7) is 1.95. The Hall–Kier alpha value is -3.08. The SMILES string of the molecule is CCSc1nn2c(C(=O)NC)ccnc2c1-c1cn2cc(C(F)(F)F)ccc2n1. The van der Waals surface area contributed by atoms with Gasteiger partial charge in [-0.2, -0.15) is 18.3 Å². The molecule has 0 radical (unpaired) electrons. The van der Waals surface area contributed by atoms with E-state index in [2.05, 4.69) is 20.4 Å². The van der Waals surface area contributed by atoms with Gasteiger partial charge in [0.15, 0.2) is 5.65 Å². The summed E-state index contributed by atoms with van der Waals surface area (Å²) >= 11 is 1.43. The average molecular weight is 420 g/mol. The maximum atomic E-state index is 13.0. The molecule has 1 N–H and O–H groups in total. The molecule has 0 saturated carbocycles. The number of hydrogen-bond acceptors (Lipinski definition) is 5. The minimum atomic E-state index is -4.45. The highest BCUT2D eigenvalue weighted by atomic mass is 32.2. The summed E-state index contributed by atoms with van der Waals surface area (Å²) in [6.07, 6.45) is -0.456. The Kier molecular flexibility index (Phi) is 4.69. The molecular weight excluding hydrogens is 405 g/mol. The molecule has 4 rings (SSSR count). The molecule has 4 aromatic heterocycles. The number of carbonyl (C=O) groups is 1. The van der Waals surface area contributed by atoms with Crippen molar-refractivity contribution in [3.8, 4) is 11.3 Å². The van der Waals surface area contributed by atoms with Gasteiger partial charge < -0.3 is 9.72 Å². The lowest BCUT2D eigenvalue weighted by Crippen LogP contribution is -2.21. The molecule has 0 aromatic carbocycles. The second-order valence-corrected chi connectivity index (χ2v) is 7.32. The van der Waals surface area contributed by atoms with Gasteiger partial charge in [-0.3, -0.25) is 4.79 Å². The topological polar surface area (TPSA) is 76.6 Å². The summed E-state index contributed by atoms with van der Waals surface area (Å²) in [7, 11) is 1.51. The fourth-order valence-electron chi connectivity index (χ4n) is 2.97. The lowest BCUT2D eigenvalue weighted by Gasteiger charge is -2.05. The number of halogens is 3. The van der Waals surface area contributed by atoms with Gasteiger partial charge in [0.05, 0.1) is 16.8 Å². The number of nitrogens with zero attached hydrogens (tertiary/aromatic N) is 5. The van der Waals surface area contributed by atoms with E-state index in [9.17, 15) is 18.0 Å². The molecule has 0 fully saturated rings. The van der Waals surface area contributed by atoms with E-state index in [1.165, 1.54) is 46.2 Å². The van der Waals surface area contributed by atoms with Crippen LogP contribution in [0.25, 0.3) is 22.6 Å². The molecule has 4 aromatic rings. The number of amides is 1. The number of thioether (sulfide) groups is 1. The predicted octanol–water partition coefficient (Wildman–Crippen LogP) is 3.53. The van der Waals surface area contributed by atoms with E-state index in [1.807, 2.05) is 6.92 Å². The maximum Gasteiger partial charge on any atom is 0.417 e. The summed E-state index contributed by atoms with van der Waals surface area (Å²) in [5.74, 6) is 0.377. The number of hydrogen-bond donors (Lipinski definition) is 1. The summed E-state index contributed by atoms with van der Waals surface area (Å²) in [5, 5.41) is 7.65. The third-order valence-electron chi connectivity index (χ3n) is 4.26. The molecule has 0 aliphatic carbocycles. The standard InChI is InChI=1S/C18H15F3N6OS/c1-3-29-17-14(15-23-7-6-12(16(28)22-2)27(15)25-17)11-9-26-8-10(18(19,20)21)4-5-13(26)24-11/h4-9H,3H2,1-2H3,(H,22,28). The van der Waals surface area contributed by atoms with Gasteiger partial charge in [-0.15, -0.1) is 11.8 Å². The fourth-order valence-corrected chi connectivity index (χ4v) is 3.72. The normalized spacial score (nSPS) is 12.0. The zero-order chi connectivity index (χ0) is 20.8. The van der Waals surface area contributed by atoms with Crippen LogP contribution < -0.4 is 5.32 Å². The number of pyridine rings is 1. The van der Waals surface area contributed by atoms with Crippen molar-refractivity contribution in [1.29, 1.82) is 0 Å². The third kappa shape index (κ3) is 3.31. The van der Waals surface area contributed by atoms with Crippen LogP contribution >= 0.6 is 11.8 Å². The van der Waals surface area contributed by atoms with Gasteiger partial charge in [-0.05, 0) is 24.0 Å². The van der Waals surface area contributed by atoms with Crippen molar-refractivity contribution in [3.63, 3.8) is 0 Å². The van der Waals surface area contributed by atoms with E-state index in [0.717, 1.165) is 12.3 Å². The monoisotopic (exact) mass is 420 g/mol. The van der Waals surface area contributed by atoms with Crippen LogP contribution in [0.4, 0.5) is 13.2 Å². The Morgan fingerprint density at radius 2 is 2.03 bits per heavy atom. The zero-order valence-corrected chi connectivity index (χ0v) is 16.2. The van der Waals surface area contributed by atoms with E-state index in [1.54, 1.807) is 6.07 Å². The van der Waals surface area contributed by atoms with Gasteiger partial charge >= 0.3 is 6.18 Å². The zero-order valence-electron chi connectivity index (χ0n) is 15.4. The third-order valence-corrected chi connectivity index (χ3v) is 5.11. The van der Waals surface area contributed by atoms with Crippen molar-refractivity contribution in [2.45, 2.75) is 18.1 Å². The molecule has 0 unspecified atom stereocenters. The largest absolute Gasteiger partial charge is 0.417 e. The van der Waals surface area contributed by atoms with Crippen molar-refractivity contribution >= 4 is 29.0 Å². The van der Waals surface area contributed by atoms with Gasteiger partial charge in [0.2, 0.25) is 0 Å². The van der Waals surface area contributed by atoms with Crippen LogP contribution in [0.2, 0.25) is 0 Å². The van der Waals surface area contributed by atoms with Gasteiger partial charge in [0, 0.05) is 25.6 Å². The lowest BCUT2D eigenvalue weighted by atomic mass is 10.2. The Balaban J connectivity index is 1.95. The number of alkyl halides is 3. The number of carbonyl (C=O) groups excluding carboxylic acids is 1. The van der Waals surface area contributed by atoms with Gasteiger partial charge in [0.25, 0.3) is 5.91 Å². The second-order valence-electron chi connectivity index (χ2n) is 6.06. The first-order valence-corrected chi connectivity index (χ1v) is 9.61. The minimum Gasteiger partial charge on any atom is -0.354 e. The first-order valence-electron chi connectivity index (χ1n) is 8.62. The molecule has 0 atom stereocenters. The Morgan fingerprint density at radius 1 is 1.24 bits per heavy atom. The molecule has 150 valence electrons. The summed E-state index contributed by atoms with van der Waals surface area (Å²) in [5.41, 5.74) is 1.29. The molecule has 29 heavy (non-hydrogen) atoms. The van der Waals surface area contributed by atoms with E-state index in [-0.39, 0.29) is 5.91 Å². The van der Waals surface area contributed by atoms with E-state index in [4.69, 9.17) is 0 Å². The molecular formula is C18H15F3N6OS. The molecule has 0 bridgehead atoms. The number of fused-ring (bicyclic) bond motifs is 2. The predicted molar refractivity (Wildman–Crippen MR) is 102 cm³/mol. The highest BCUT2D eigenvalue weighted by Crippen LogP contribution is 2.35. The van der Waals surface area contributed by atoms with Crippen LogP contribution in [0.5, 0.6) is 0 Å². The molecule has 0 aliphatic rings. The quantitative estimate of drug-likeness (QED) is 0.511. The van der Waals surface area contributed by atoms with Crippen LogP contribution in [0.15, 0.2) is 41.8 Å². The van der Waals surface area contributed by atoms with Gasteiger partial charge in [0.1, 0.15) is 16.4 Å². The Morgan fingerprint density at radius 3 is 2.72 bits per heavy atom. The fraction of sp³-hybridized carbons (Fsp3) is 0.222. The smallest absolute Gasteiger partial charge is 0.354 e. The maximum absolute atomic E-state index is 13.0. The van der Waals surface area contributed by atoms with Crippen LogP contribution in [0.1, 0.15) is 23.0 Å². The molecule has 0 spiro atoms. The van der Waals surface area contributed by atoms with Crippen molar-refractivity contribution in [3.05, 3.63) is 48.0 Å². The molecule has 0 saturated heterocycles. The van der Waals surface area contributed by atoms with Crippen molar-refractivity contribution in [2.24, 2.45) is 0 Å². The summed E-state index contributed by atoms with van der Waals surface area (Å²) in [4.78, 5) is 21.0. The molecule has 1 amide bonds. The average Bonchev–Trinajstić information content (AvgIpc) is 3.26. The Labute approximate surface area is 167 Å². The first kappa shape index (κ1) is 19.2. The number of imidazole rings is 1. The van der Waals surface area contributed by atoms with Crippen molar-refractivity contribution < 1.29 is 18.0 Å². The van der Waals surface area contributed by atoms with Crippen LogP contribution in [-0.4, -0.2) is 42.7 Å². The van der Waals surface area contributed by atoms with Crippen molar-refractivity contribution in [1.82, 2.24) is 29.3 Å². The lowest BCUT2D eigenvalue weighted by molar-refractivity contribution is -0.137. The molecule has 0 aliphatic heterocycles. The summed E-state index contributed by atoms with van der Waals surface area (Å²) < 4.78 is 41.8.